The number of ether oxygens (including phenoxy) is 1. The SMILES string of the molecule is CCC(C(=O)OC)N(C(=O)c1ccc(Cl)nc1)c1ccccc1. The Balaban J connectivity index is 2.46. The first-order valence-electron chi connectivity index (χ1n) is 7.16. The standard InChI is InChI=1S/C17H17ClN2O3/c1-3-14(17(22)23-2)20(13-7-5-4-6-8-13)16(21)12-9-10-15(18)19-11-12/h4-11,14H,3H2,1-2H3. The lowest BCUT2D eigenvalue weighted by molar-refractivity contribution is -0.142. The Morgan fingerprint density at radius 2 is 1.91 bits per heavy atom. The fourth-order valence-electron chi connectivity index (χ4n) is 2.26. The van der Waals surface area contributed by atoms with E-state index in [0.29, 0.717) is 22.8 Å². The van der Waals surface area contributed by atoms with Crippen LogP contribution in [0.15, 0.2) is 48.7 Å². The van der Waals surface area contributed by atoms with Gasteiger partial charge >= 0.3 is 5.97 Å². The lowest BCUT2D eigenvalue weighted by Crippen LogP contribution is -2.45. The maximum absolute atomic E-state index is 12.9. The maximum atomic E-state index is 12.9. The molecule has 6 heteroatoms. The van der Waals surface area contributed by atoms with E-state index in [0.717, 1.165) is 0 Å². The van der Waals surface area contributed by atoms with Crippen LogP contribution in [0.4, 0.5) is 5.69 Å². The Hall–Kier alpha value is -2.40. The first-order valence-corrected chi connectivity index (χ1v) is 7.54. The third-order valence-electron chi connectivity index (χ3n) is 3.40. The maximum Gasteiger partial charge on any atom is 0.328 e. The highest BCUT2D eigenvalue weighted by Gasteiger charge is 2.31. The Morgan fingerprint density at radius 1 is 1.22 bits per heavy atom. The van der Waals surface area contributed by atoms with Crippen LogP contribution in [-0.2, 0) is 9.53 Å². The van der Waals surface area contributed by atoms with E-state index in [1.165, 1.54) is 24.3 Å². The van der Waals surface area contributed by atoms with Crippen molar-refractivity contribution in [2.24, 2.45) is 0 Å². The van der Waals surface area contributed by atoms with Crippen LogP contribution in [0.1, 0.15) is 23.7 Å². The van der Waals surface area contributed by atoms with Crippen LogP contribution < -0.4 is 4.90 Å². The van der Waals surface area contributed by atoms with Crippen molar-refractivity contribution in [1.29, 1.82) is 0 Å². The lowest BCUT2D eigenvalue weighted by Gasteiger charge is -2.29. The van der Waals surface area contributed by atoms with Crippen LogP contribution in [0.5, 0.6) is 0 Å². The van der Waals surface area contributed by atoms with Crippen molar-refractivity contribution in [3.63, 3.8) is 0 Å². The van der Waals surface area contributed by atoms with Crippen LogP contribution in [0.2, 0.25) is 5.15 Å². The third kappa shape index (κ3) is 3.87. The van der Waals surface area contributed by atoms with Gasteiger partial charge in [0.1, 0.15) is 11.2 Å². The molecule has 0 aliphatic carbocycles. The van der Waals surface area contributed by atoms with Crippen LogP contribution >= 0.6 is 11.6 Å². The smallest absolute Gasteiger partial charge is 0.328 e. The van der Waals surface area contributed by atoms with E-state index in [2.05, 4.69) is 4.98 Å². The van der Waals surface area contributed by atoms with Crippen molar-refractivity contribution in [1.82, 2.24) is 4.98 Å². The fraction of sp³-hybridized carbons (Fsp3) is 0.235. The Labute approximate surface area is 139 Å². The zero-order valence-electron chi connectivity index (χ0n) is 12.9. The van der Waals surface area contributed by atoms with Gasteiger partial charge in [0.25, 0.3) is 5.91 Å². The molecular weight excluding hydrogens is 316 g/mol. The quantitative estimate of drug-likeness (QED) is 0.622. The Bertz CT molecular complexity index is 674. The van der Waals surface area contributed by atoms with Gasteiger partial charge in [-0.15, -0.1) is 0 Å². The molecule has 23 heavy (non-hydrogen) atoms. The average Bonchev–Trinajstić information content (AvgIpc) is 2.59. The topological polar surface area (TPSA) is 59.5 Å². The number of hydrogen-bond acceptors (Lipinski definition) is 4. The van der Waals surface area contributed by atoms with Gasteiger partial charge in [0.15, 0.2) is 0 Å². The number of methoxy groups -OCH3 is 1. The van der Waals surface area contributed by atoms with Gasteiger partial charge in [-0.3, -0.25) is 9.69 Å². The second-order valence-corrected chi connectivity index (χ2v) is 5.21. The number of anilines is 1. The molecule has 1 amide bonds. The molecule has 0 fully saturated rings. The summed E-state index contributed by atoms with van der Waals surface area (Å²) < 4.78 is 4.84. The number of hydrogen-bond donors (Lipinski definition) is 0. The summed E-state index contributed by atoms with van der Waals surface area (Å²) in [5, 5.41) is 0.299. The average molecular weight is 333 g/mol. The molecule has 1 aromatic heterocycles. The van der Waals surface area contributed by atoms with E-state index < -0.39 is 12.0 Å². The molecule has 0 saturated heterocycles. The van der Waals surface area contributed by atoms with E-state index in [-0.39, 0.29) is 5.91 Å². The van der Waals surface area contributed by atoms with Crippen molar-refractivity contribution >= 4 is 29.2 Å². The number of amides is 1. The van der Waals surface area contributed by atoms with E-state index in [1.807, 2.05) is 13.0 Å². The number of nitrogens with zero attached hydrogens (tertiary/aromatic N) is 2. The minimum atomic E-state index is -0.717. The van der Waals surface area contributed by atoms with Gasteiger partial charge in [-0.1, -0.05) is 36.7 Å². The second kappa shape index (κ2) is 7.74. The minimum Gasteiger partial charge on any atom is -0.467 e. The molecule has 2 aromatic rings. The molecule has 5 nitrogen and oxygen atoms in total. The zero-order valence-corrected chi connectivity index (χ0v) is 13.7. The lowest BCUT2D eigenvalue weighted by atomic mass is 10.1. The Morgan fingerprint density at radius 3 is 2.43 bits per heavy atom. The van der Waals surface area contributed by atoms with E-state index in [9.17, 15) is 9.59 Å². The normalized spacial score (nSPS) is 11.6. The molecule has 0 bridgehead atoms. The first kappa shape index (κ1) is 17.0. The highest BCUT2D eigenvalue weighted by atomic mass is 35.5. The number of carbonyl (C=O) groups excluding carboxylic acids is 2. The Kier molecular flexibility index (Phi) is 5.71. The summed E-state index contributed by atoms with van der Waals surface area (Å²) in [6.07, 6.45) is 1.82. The van der Waals surface area contributed by atoms with Crippen molar-refractivity contribution in [3.05, 3.63) is 59.4 Å². The molecule has 1 unspecified atom stereocenters. The molecule has 1 atom stereocenters. The summed E-state index contributed by atoms with van der Waals surface area (Å²) >= 11 is 5.77. The van der Waals surface area contributed by atoms with Gasteiger partial charge < -0.3 is 4.74 Å². The molecule has 2 rings (SSSR count). The molecule has 0 spiro atoms. The minimum absolute atomic E-state index is 0.299. The number of para-hydroxylation sites is 1. The van der Waals surface area contributed by atoms with Crippen molar-refractivity contribution < 1.29 is 14.3 Å². The molecule has 0 aliphatic rings. The van der Waals surface area contributed by atoms with Crippen molar-refractivity contribution in [2.45, 2.75) is 19.4 Å². The molecule has 1 aromatic carbocycles. The number of rotatable bonds is 5. The van der Waals surface area contributed by atoms with E-state index >= 15 is 0 Å². The summed E-state index contributed by atoms with van der Waals surface area (Å²) in [4.78, 5) is 30.4. The van der Waals surface area contributed by atoms with Crippen LogP contribution in [-0.4, -0.2) is 30.0 Å². The fourth-order valence-corrected chi connectivity index (χ4v) is 2.37. The highest BCUT2D eigenvalue weighted by molar-refractivity contribution is 6.29. The van der Waals surface area contributed by atoms with Crippen molar-refractivity contribution in [3.8, 4) is 0 Å². The number of aromatic nitrogens is 1. The van der Waals surface area contributed by atoms with E-state index in [4.69, 9.17) is 16.3 Å². The van der Waals surface area contributed by atoms with Gasteiger partial charge in [-0.2, -0.15) is 0 Å². The van der Waals surface area contributed by atoms with Gasteiger partial charge in [-0.25, -0.2) is 9.78 Å². The first-order chi connectivity index (χ1) is 11.1. The molecule has 120 valence electrons. The number of benzene rings is 1. The largest absolute Gasteiger partial charge is 0.467 e. The summed E-state index contributed by atoms with van der Waals surface area (Å²) in [6, 6.07) is 11.4. The van der Waals surface area contributed by atoms with Crippen LogP contribution in [0.3, 0.4) is 0 Å². The van der Waals surface area contributed by atoms with Gasteiger partial charge in [0.2, 0.25) is 0 Å². The van der Waals surface area contributed by atoms with Gasteiger partial charge in [-0.05, 0) is 30.7 Å². The number of carbonyl (C=O) groups is 2. The van der Waals surface area contributed by atoms with Crippen molar-refractivity contribution in [2.75, 3.05) is 12.0 Å². The predicted molar refractivity (Wildman–Crippen MR) is 88.6 cm³/mol. The molecular formula is C17H17ClN2O3. The molecule has 0 N–H and O–H groups in total. The summed E-state index contributed by atoms with van der Waals surface area (Å²) in [5.74, 6) is -0.802. The highest BCUT2D eigenvalue weighted by Crippen LogP contribution is 2.22. The third-order valence-corrected chi connectivity index (χ3v) is 3.62. The molecule has 0 saturated carbocycles. The number of halogens is 1. The summed E-state index contributed by atoms with van der Waals surface area (Å²) in [6.45, 7) is 1.82. The molecule has 0 radical (unpaired) electrons. The second-order valence-electron chi connectivity index (χ2n) is 4.83. The van der Waals surface area contributed by atoms with Gasteiger partial charge in [0.05, 0.1) is 12.7 Å². The van der Waals surface area contributed by atoms with Crippen LogP contribution in [0, 0.1) is 0 Å². The van der Waals surface area contributed by atoms with Crippen LogP contribution in [0.25, 0.3) is 0 Å². The predicted octanol–water partition coefficient (Wildman–Crippen LogP) is 3.33. The van der Waals surface area contributed by atoms with E-state index in [1.54, 1.807) is 30.3 Å². The molecule has 0 aliphatic heterocycles. The summed E-state index contributed by atoms with van der Waals surface area (Å²) in [7, 11) is 1.31. The van der Waals surface area contributed by atoms with Gasteiger partial charge in [0, 0.05) is 11.9 Å². The molecule has 1 heterocycles. The summed E-state index contributed by atoms with van der Waals surface area (Å²) in [5.41, 5.74) is 0.963. The zero-order chi connectivity index (χ0) is 16.8. The monoisotopic (exact) mass is 332 g/mol. The number of esters is 1. The number of pyridine rings is 1.